The van der Waals surface area contributed by atoms with Gasteiger partial charge in [0, 0.05) is 19.3 Å². The summed E-state index contributed by atoms with van der Waals surface area (Å²) in [6.45, 7) is 1.67. The van der Waals surface area contributed by atoms with Gasteiger partial charge in [-0.3, -0.25) is 9.78 Å². The van der Waals surface area contributed by atoms with E-state index in [2.05, 4.69) is 4.98 Å². The number of carbonyl (C=O) groups excluding carboxylic acids is 1. The molecule has 1 fully saturated rings. The number of aromatic nitrogens is 1. The minimum absolute atomic E-state index is 0.0428. The highest BCUT2D eigenvalue weighted by atomic mass is 16.5. The van der Waals surface area contributed by atoms with E-state index < -0.39 is 0 Å². The minimum Gasteiger partial charge on any atom is -0.497 e. The Kier molecular flexibility index (Phi) is 6.01. The Morgan fingerprint density at radius 2 is 2.04 bits per heavy atom. The molecule has 0 saturated carbocycles. The second-order valence-corrected chi connectivity index (χ2v) is 6.22. The fourth-order valence-corrected chi connectivity index (χ4v) is 2.99. The van der Waals surface area contributed by atoms with Gasteiger partial charge in [0.25, 0.3) is 5.91 Å². The molecule has 132 valence electrons. The molecule has 5 nitrogen and oxygen atoms in total. The lowest BCUT2D eigenvalue weighted by Crippen LogP contribution is -2.41. The third-order valence-electron chi connectivity index (χ3n) is 4.38. The van der Waals surface area contributed by atoms with Crippen molar-refractivity contribution in [2.45, 2.75) is 38.5 Å². The van der Waals surface area contributed by atoms with E-state index in [9.17, 15) is 4.79 Å². The van der Waals surface area contributed by atoms with Crippen LogP contribution in [-0.4, -0.2) is 35.6 Å². The maximum absolute atomic E-state index is 13.0. The van der Waals surface area contributed by atoms with E-state index in [0.717, 1.165) is 36.3 Å². The number of pyridine rings is 1. The first-order chi connectivity index (χ1) is 12.3. The summed E-state index contributed by atoms with van der Waals surface area (Å²) in [7, 11) is 1.65. The highest BCUT2D eigenvalue weighted by molar-refractivity contribution is 5.81. The average molecular weight is 340 g/mol. The van der Waals surface area contributed by atoms with E-state index in [1.165, 1.54) is 0 Å². The van der Waals surface area contributed by atoms with Gasteiger partial charge in [-0.25, -0.2) is 0 Å². The van der Waals surface area contributed by atoms with Crippen molar-refractivity contribution < 1.29 is 14.3 Å². The number of benzene rings is 1. The normalized spacial score (nSPS) is 17.1. The Hall–Kier alpha value is -2.40. The molecule has 0 N–H and O–H groups in total. The Labute approximate surface area is 148 Å². The number of hydrogen-bond acceptors (Lipinski definition) is 4. The van der Waals surface area contributed by atoms with Gasteiger partial charge in [-0.15, -0.1) is 0 Å². The Morgan fingerprint density at radius 3 is 2.68 bits per heavy atom. The van der Waals surface area contributed by atoms with Gasteiger partial charge in [0.2, 0.25) is 0 Å². The standard InChI is InChI=1S/C20H24N2O3/c1-24-18-10-8-16(9-11-18)14-22(15-17-6-2-4-12-21-17)20(23)19-7-3-5-13-25-19/h2,4,6,8-12,19H,3,5,7,13-15H2,1H3/t19-/m0/s1. The highest BCUT2D eigenvalue weighted by Crippen LogP contribution is 2.19. The lowest BCUT2D eigenvalue weighted by molar-refractivity contribution is -0.147. The summed E-state index contributed by atoms with van der Waals surface area (Å²) in [6.07, 6.45) is 4.28. The maximum Gasteiger partial charge on any atom is 0.252 e. The van der Waals surface area contributed by atoms with Crippen LogP contribution < -0.4 is 4.74 Å². The Balaban J connectivity index is 1.75. The van der Waals surface area contributed by atoms with Crippen LogP contribution in [0.5, 0.6) is 5.75 Å². The zero-order valence-electron chi connectivity index (χ0n) is 14.6. The van der Waals surface area contributed by atoms with Crippen molar-refractivity contribution in [1.29, 1.82) is 0 Å². The van der Waals surface area contributed by atoms with E-state index in [1.807, 2.05) is 47.4 Å². The molecular weight excluding hydrogens is 316 g/mol. The lowest BCUT2D eigenvalue weighted by atomic mass is 10.1. The first kappa shape index (κ1) is 17.4. The predicted octanol–water partition coefficient (Wildman–Crippen LogP) is 3.19. The van der Waals surface area contributed by atoms with Crippen LogP contribution >= 0.6 is 0 Å². The molecule has 25 heavy (non-hydrogen) atoms. The molecule has 0 unspecified atom stereocenters. The van der Waals surface area contributed by atoms with Gasteiger partial charge in [-0.1, -0.05) is 18.2 Å². The van der Waals surface area contributed by atoms with Gasteiger partial charge in [-0.05, 0) is 49.1 Å². The van der Waals surface area contributed by atoms with Crippen LogP contribution in [0.2, 0.25) is 0 Å². The quantitative estimate of drug-likeness (QED) is 0.810. The molecular formula is C20H24N2O3. The molecule has 5 heteroatoms. The summed E-state index contributed by atoms with van der Waals surface area (Å²) in [5.74, 6) is 0.850. The van der Waals surface area contributed by atoms with Crippen molar-refractivity contribution >= 4 is 5.91 Å². The smallest absolute Gasteiger partial charge is 0.252 e. The largest absolute Gasteiger partial charge is 0.497 e. The second-order valence-electron chi connectivity index (χ2n) is 6.22. The van der Waals surface area contributed by atoms with Crippen LogP contribution in [0.4, 0.5) is 0 Å². The number of hydrogen-bond donors (Lipinski definition) is 0. The summed E-state index contributed by atoms with van der Waals surface area (Å²) < 4.78 is 10.9. The second kappa shape index (κ2) is 8.62. The van der Waals surface area contributed by atoms with E-state index in [4.69, 9.17) is 9.47 Å². The third-order valence-corrected chi connectivity index (χ3v) is 4.38. The molecule has 1 aromatic heterocycles. The monoisotopic (exact) mass is 340 g/mol. The van der Waals surface area contributed by atoms with Crippen LogP contribution in [0.1, 0.15) is 30.5 Å². The van der Waals surface area contributed by atoms with Crippen LogP contribution in [0.25, 0.3) is 0 Å². The molecule has 1 amide bonds. The molecule has 0 radical (unpaired) electrons. The van der Waals surface area contributed by atoms with Gasteiger partial charge < -0.3 is 14.4 Å². The average Bonchev–Trinajstić information content (AvgIpc) is 2.69. The van der Waals surface area contributed by atoms with Crippen molar-refractivity contribution in [2.24, 2.45) is 0 Å². The van der Waals surface area contributed by atoms with E-state index >= 15 is 0 Å². The van der Waals surface area contributed by atoms with Gasteiger partial charge >= 0.3 is 0 Å². The zero-order chi connectivity index (χ0) is 17.5. The first-order valence-electron chi connectivity index (χ1n) is 8.69. The minimum atomic E-state index is -0.337. The van der Waals surface area contributed by atoms with E-state index in [-0.39, 0.29) is 12.0 Å². The zero-order valence-corrected chi connectivity index (χ0v) is 14.6. The molecule has 1 aliphatic heterocycles. The summed E-state index contributed by atoms with van der Waals surface area (Å²) in [6, 6.07) is 13.6. The van der Waals surface area contributed by atoms with Crippen molar-refractivity contribution in [1.82, 2.24) is 9.88 Å². The molecule has 2 heterocycles. The third kappa shape index (κ3) is 4.79. The number of nitrogens with zero attached hydrogens (tertiary/aromatic N) is 2. The summed E-state index contributed by atoms with van der Waals surface area (Å²) in [4.78, 5) is 19.2. The SMILES string of the molecule is COc1ccc(CN(Cc2ccccn2)C(=O)[C@@H]2CCCCO2)cc1. The number of methoxy groups -OCH3 is 1. The van der Waals surface area contributed by atoms with E-state index in [1.54, 1.807) is 13.3 Å². The molecule has 1 aromatic carbocycles. The maximum atomic E-state index is 13.0. The van der Waals surface area contributed by atoms with Gasteiger partial charge in [0.1, 0.15) is 11.9 Å². The van der Waals surface area contributed by atoms with E-state index in [0.29, 0.717) is 19.7 Å². The fraction of sp³-hybridized carbons (Fsp3) is 0.400. The lowest BCUT2D eigenvalue weighted by Gasteiger charge is -2.29. The number of rotatable bonds is 6. The number of carbonyl (C=O) groups is 1. The summed E-state index contributed by atoms with van der Waals surface area (Å²) >= 11 is 0. The molecule has 1 saturated heterocycles. The molecule has 1 aliphatic rings. The van der Waals surface area contributed by atoms with Crippen molar-refractivity contribution in [3.05, 3.63) is 59.9 Å². The summed E-state index contributed by atoms with van der Waals surface area (Å²) in [5, 5.41) is 0. The van der Waals surface area contributed by atoms with Crippen LogP contribution in [0.3, 0.4) is 0 Å². The Morgan fingerprint density at radius 1 is 1.20 bits per heavy atom. The molecule has 0 bridgehead atoms. The summed E-state index contributed by atoms with van der Waals surface area (Å²) in [5.41, 5.74) is 1.93. The number of amides is 1. The molecule has 3 rings (SSSR count). The number of ether oxygens (including phenoxy) is 2. The molecule has 0 aliphatic carbocycles. The Bertz CT molecular complexity index is 667. The van der Waals surface area contributed by atoms with Crippen molar-refractivity contribution in [2.75, 3.05) is 13.7 Å². The highest BCUT2D eigenvalue weighted by Gasteiger charge is 2.27. The first-order valence-corrected chi connectivity index (χ1v) is 8.69. The predicted molar refractivity (Wildman–Crippen MR) is 95.1 cm³/mol. The van der Waals surface area contributed by atoms with Gasteiger partial charge in [0.15, 0.2) is 0 Å². The van der Waals surface area contributed by atoms with Crippen LogP contribution in [0, 0.1) is 0 Å². The molecule has 2 aromatic rings. The topological polar surface area (TPSA) is 51.7 Å². The molecule has 1 atom stereocenters. The van der Waals surface area contributed by atoms with Crippen molar-refractivity contribution in [3.8, 4) is 5.75 Å². The van der Waals surface area contributed by atoms with Gasteiger partial charge in [-0.2, -0.15) is 0 Å². The van der Waals surface area contributed by atoms with Gasteiger partial charge in [0.05, 0.1) is 19.3 Å². The molecule has 0 spiro atoms. The van der Waals surface area contributed by atoms with Crippen molar-refractivity contribution in [3.63, 3.8) is 0 Å². The van der Waals surface area contributed by atoms with Crippen LogP contribution in [0.15, 0.2) is 48.7 Å². The fourth-order valence-electron chi connectivity index (χ4n) is 2.99. The van der Waals surface area contributed by atoms with Crippen LogP contribution in [-0.2, 0) is 22.6 Å².